The number of imidazole rings is 1. The predicted octanol–water partition coefficient (Wildman–Crippen LogP) is 1.32. The SMILES string of the molecule is Cc1ncc(C(=O)N2CCCC3(CCCNC3)C2)[nH]1. The summed E-state index contributed by atoms with van der Waals surface area (Å²) in [6.07, 6.45) is 6.47. The van der Waals surface area contributed by atoms with Crippen LogP contribution in [0.4, 0.5) is 0 Å². The highest BCUT2D eigenvalue weighted by molar-refractivity contribution is 5.92. The van der Waals surface area contributed by atoms with Gasteiger partial charge in [-0.1, -0.05) is 0 Å². The van der Waals surface area contributed by atoms with Crippen molar-refractivity contribution in [1.82, 2.24) is 20.2 Å². The van der Waals surface area contributed by atoms with E-state index in [1.54, 1.807) is 6.20 Å². The Morgan fingerprint density at radius 3 is 2.95 bits per heavy atom. The minimum Gasteiger partial charge on any atom is -0.338 e. The standard InChI is InChI=1S/C14H22N4O/c1-11-16-8-12(17-11)13(19)18-7-3-5-14(10-18)4-2-6-15-9-14/h8,15H,2-7,9-10H2,1H3,(H,16,17). The Bertz CT molecular complexity index is 456. The van der Waals surface area contributed by atoms with Gasteiger partial charge in [-0.25, -0.2) is 4.98 Å². The number of hydrogen-bond acceptors (Lipinski definition) is 3. The van der Waals surface area contributed by atoms with Crippen molar-refractivity contribution in [1.29, 1.82) is 0 Å². The molecule has 5 heteroatoms. The van der Waals surface area contributed by atoms with Crippen LogP contribution in [0.15, 0.2) is 6.20 Å². The summed E-state index contributed by atoms with van der Waals surface area (Å²) >= 11 is 0. The van der Waals surface area contributed by atoms with Gasteiger partial charge in [0.1, 0.15) is 11.5 Å². The number of nitrogens with zero attached hydrogens (tertiary/aromatic N) is 2. The molecule has 3 heterocycles. The molecule has 104 valence electrons. The van der Waals surface area contributed by atoms with Crippen molar-refractivity contribution >= 4 is 5.91 Å². The second-order valence-corrected chi connectivity index (χ2v) is 5.99. The first-order chi connectivity index (χ1) is 9.19. The van der Waals surface area contributed by atoms with Crippen LogP contribution >= 0.6 is 0 Å². The van der Waals surface area contributed by atoms with E-state index in [1.807, 2.05) is 11.8 Å². The summed E-state index contributed by atoms with van der Waals surface area (Å²) in [5.41, 5.74) is 0.930. The Labute approximate surface area is 113 Å². The lowest BCUT2D eigenvalue weighted by Gasteiger charge is -2.45. The lowest BCUT2D eigenvalue weighted by atomic mass is 9.74. The molecular weight excluding hydrogens is 240 g/mol. The first-order valence-corrected chi connectivity index (χ1v) is 7.20. The van der Waals surface area contributed by atoms with Gasteiger partial charge in [-0.3, -0.25) is 4.79 Å². The number of aromatic amines is 1. The molecule has 2 N–H and O–H groups in total. The van der Waals surface area contributed by atoms with Gasteiger partial charge < -0.3 is 15.2 Å². The maximum Gasteiger partial charge on any atom is 0.271 e. The quantitative estimate of drug-likeness (QED) is 0.802. The van der Waals surface area contributed by atoms with E-state index in [9.17, 15) is 4.79 Å². The number of likely N-dealkylation sites (tertiary alicyclic amines) is 1. The van der Waals surface area contributed by atoms with Gasteiger partial charge >= 0.3 is 0 Å². The third-order valence-electron chi connectivity index (χ3n) is 4.44. The topological polar surface area (TPSA) is 61.0 Å². The lowest BCUT2D eigenvalue weighted by Crippen LogP contribution is -2.52. The minimum atomic E-state index is 0.102. The highest BCUT2D eigenvalue weighted by Crippen LogP contribution is 2.36. The van der Waals surface area contributed by atoms with Crippen molar-refractivity contribution in [2.75, 3.05) is 26.2 Å². The molecule has 1 atom stereocenters. The molecule has 1 spiro atoms. The molecule has 0 saturated carbocycles. The van der Waals surface area contributed by atoms with E-state index >= 15 is 0 Å². The second kappa shape index (κ2) is 4.96. The average molecular weight is 262 g/mol. The van der Waals surface area contributed by atoms with Gasteiger partial charge in [0.25, 0.3) is 5.91 Å². The molecule has 2 aliphatic rings. The number of H-pyrrole nitrogens is 1. The Hall–Kier alpha value is -1.36. The predicted molar refractivity (Wildman–Crippen MR) is 73.0 cm³/mol. The number of aromatic nitrogens is 2. The molecule has 2 saturated heterocycles. The maximum absolute atomic E-state index is 12.5. The molecule has 2 fully saturated rings. The van der Waals surface area contributed by atoms with Gasteiger partial charge in [0.2, 0.25) is 0 Å². The van der Waals surface area contributed by atoms with Gasteiger partial charge in [0.05, 0.1) is 6.20 Å². The zero-order valence-corrected chi connectivity index (χ0v) is 11.5. The highest BCUT2D eigenvalue weighted by atomic mass is 16.2. The molecule has 1 aromatic heterocycles. The molecule has 0 bridgehead atoms. The molecule has 1 amide bonds. The summed E-state index contributed by atoms with van der Waals surface area (Å²) in [7, 11) is 0. The lowest BCUT2D eigenvalue weighted by molar-refractivity contribution is 0.0429. The normalized spacial score (nSPS) is 27.7. The molecule has 0 radical (unpaired) electrons. The summed E-state index contributed by atoms with van der Waals surface area (Å²) in [4.78, 5) is 21.6. The average Bonchev–Trinajstić information content (AvgIpc) is 2.85. The van der Waals surface area contributed by atoms with Crippen LogP contribution in [0, 0.1) is 12.3 Å². The van der Waals surface area contributed by atoms with E-state index in [-0.39, 0.29) is 5.91 Å². The van der Waals surface area contributed by atoms with Crippen LogP contribution in [0.1, 0.15) is 42.0 Å². The van der Waals surface area contributed by atoms with Crippen molar-refractivity contribution < 1.29 is 4.79 Å². The van der Waals surface area contributed by atoms with E-state index in [1.165, 1.54) is 19.3 Å². The monoisotopic (exact) mass is 262 g/mol. The van der Waals surface area contributed by atoms with Crippen LogP contribution in [-0.2, 0) is 0 Å². The first kappa shape index (κ1) is 12.7. The van der Waals surface area contributed by atoms with Crippen LogP contribution in [0.5, 0.6) is 0 Å². The van der Waals surface area contributed by atoms with Gasteiger partial charge in [-0.05, 0) is 39.2 Å². The number of amides is 1. The molecule has 19 heavy (non-hydrogen) atoms. The number of piperidine rings is 2. The van der Waals surface area contributed by atoms with Crippen molar-refractivity contribution in [3.63, 3.8) is 0 Å². The molecule has 1 aromatic rings. The number of rotatable bonds is 1. The van der Waals surface area contributed by atoms with Gasteiger partial charge in [0.15, 0.2) is 0 Å². The fourth-order valence-electron chi connectivity index (χ4n) is 3.46. The van der Waals surface area contributed by atoms with E-state index in [0.717, 1.165) is 38.4 Å². The zero-order valence-electron chi connectivity index (χ0n) is 11.5. The van der Waals surface area contributed by atoms with E-state index in [4.69, 9.17) is 0 Å². The number of aryl methyl sites for hydroxylation is 1. The van der Waals surface area contributed by atoms with Crippen molar-refractivity contribution in [2.24, 2.45) is 5.41 Å². The number of carbonyl (C=O) groups excluding carboxylic acids is 1. The maximum atomic E-state index is 12.5. The van der Waals surface area contributed by atoms with Crippen LogP contribution < -0.4 is 5.32 Å². The van der Waals surface area contributed by atoms with Crippen LogP contribution in [0.2, 0.25) is 0 Å². The van der Waals surface area contributed by atoms with Crippen LogP contribution in [0.25, 0.3) is 0 Å². The van der Waals surface area contributed by atoms with Crippen molar-refractivity contribution in [3.05, 3.63) is 17.7 Å². The van der Waals surface area contributed by atoms with E-state index in [2.05, 4.69) is 15.3 Å². The van der Waals surface area contributed by atoms with Crippen LogP contribution in [0.3, 0.4) is 0 Å². The molecule has 5 nitrogen and oxygen atoms in total. The Balaban J connectivity index is 1.72. The van der Waals surface area contributed by atoms with Gasteiger partial charge in [-0.15, -0.1) is 0 Å². The van der Waals surface area contributed by atoms with Crippen molar-refractivity contribution in [2.45, 2.75) is 32.6 Å². The summed E-state index contributed by atoms with van der Waals surface area (Å²) in [6, 6.07) is 0. The van der Waals surface area contributed by atoms with Crippen molar-refractivity contribution in [3.8, 4) is 0 Å². The second-order valence-electron chi connectivity index (χ2n) is 5.99. The summed E-state index contributed by atoms with van der Waals surface area (Å²) in [6.45, 7) is 5.81. The fourth-order valence-corrected chi connectivity index (χ4v) is 3.46. The molecule has 0 aromatic carbocycles. The smallest absolute Gasteiger partial charge is 0.271 e. The largest absolute Gasteiger partial charge is 0.338 e. The third kappa shape index (κ3) is 2.52. The number of hydrogen-bond donors (Lipinski definition) is 2. The molecular formula is C14H22N4O. The summed E-state index contributed by atoms with van der Waals surface area (Å²) in [5, 5.41) is 3.49. The van der Waals surface area contributed by atoms with Gasteiger partial charge in [0, 0.05) is 25.0 Å². The molecule has 0 aliphatic carbocycles. The summed E-state index contributed by atoms with van der Waals surface area (Å²) in [5.74, 6) is 0.902. The Morgan fingerprint density at radius 1 is 1.42 bits per heavy atom. The minimum absolute atomic E-state index is 0.102. The summed E-state index contributed by atoms with van der Waals surface area (Å²) < 4.78 is 0. The highest BCUT2D eigenvalue weighted by Gasteiger charge is 2.38. The Morgan fingerprint density at radius 2 is 2.26 bits per heavy atom. The molecule has 3 rings (SSSR count). The number of carbonyl (C=O) groups is 1. The number of nitrogens with one attached hydrogen (secondary N) is 2. The molecule has 2 aliphatic heterocycles. The third-order valence-corrected chi connectivity index (χ3v) is 4.44. The first-order valence-electron chi connectivity index (χ1n) is 7.20. The van der Waals surface area contributed by atoms with E-state index in [0.29, 0.717) is 11.1 Å². The van der Waals surface area contributed by atoms with E-state index < -0.39 is 0 Å². The van der Waals surface area contributed by atoms with Gasteiger partial charge in [-0.2, -0.15) is 0 Å². The zero-order chi connectivity index (χ0) is 13.3. The fraction of sp³-hybridized carbons (Fsp3) is 0.714. The van der Waals surface area contributed by atoms with Crippen LogP contribution in [-0.4, -0.2) is 47.0 Å². The molecule has 1 unspecified atom stereocenters. The Kier molecular flexibility index (Phi) is 3.31.